The van der Waals surface area contributed by atoms with Crippen LogP contribution in [0.1, 0.15) is 34.7 Å². The smallest absolute Gasteiger partial charge is 0.406 e. The van der Waals surface area contributed by atoms with Gasteiger partial charge in [0.25, 0.3) is 0 Å². The number of hydrogen-bond donors (Lipinski definition) is 0. The van der Waals surface area contributed by atoms with Gasteiger partial charge in [-0.15, -0.1) is 0 Å². The third-order valence-corrected chi connectivity index (χ3v) is 5.22. The first-order valence-corrected chi connectivity index (χ1v) is 9.57. The van der Waals surface area contributed by atoms with Gasteiger partial charge >= 0.3 is 12.3 Å². The second kappa shape index (κ2) is 8.53. The summed E-state index contributed by atoms with van der Waals surface area (Å²) in [6.07, 6.45) is -6.67. The highest BCUT2D eigenvalue weighted by Crippen LogP contribution is 2.51. The van der Waals surface area contributed by atoms with Crippen LogP contribution in [0.15, 0.2) is 84.6 Å². The molecule has 0 aliphatic heterocycles. The average Bonchev–Trinajstić information content (AvgIpc) is 2.71. The second-order valence-electron chi connectivity index (χ2n) is 7.42. The molecule has 0 N–H and O–H groups in total. The van der Waals surface area contributed by atoms with Gasteiger partial charge in [0.15, 0.2) is 5.76 Å². The molecule has 0 aliphatic rings. The highest BCUT2D eigenvalue weighted by Gasteiger charge is 2.58. The highest BCUT2D eigenvalue weighted by molar-refractivity contribution is 5.54. The molecule has 3 rings (SSSR count). The molecule has 0 heterocycles. The minimum Gasteiger partial charge on any atom is -0.456 e. The van der Waals surface area contributed by atoms with Crippen LogP contribution in [0.4, 0.5) is 22.0 Å². The number of ether oxygens (including phenoxy) is 1. The van der Waals surface area contributed by atoms with E-state index < -0.39 is 23.4 Å². The third kappa shape index (κ3) is 4.33. The number of aryl methyl sites for hydroxylation is 2. The Balaban J connectivity index is 2.26. The molecule has 162 valence electrons. The Bertz CT molecular complexity index is 1010. The van der Waals surface area contributed by atoms with Crippen molar-refractivity contribution < 1.29 is 26.7 Å². The molecule has 3 aromatic carbocycles. The Kier molecular flexibility index (Phi) is 6.20. The van der Waals surface area contributed by atoms with Crippen molar-refractivity contribution >= 4 is 0 Å². The maximum atomic E-state index is 14.9. The molecule has 0 spiro atoms. The molecule has 0 radical (unpaired) electrons. The van der Waals surface area contributed by atoms with Crippen LogP contribution in [-0.2, 0) is 5.41 Å². The fraction of sp³-hybridized carbons (Fsp3) is 0.200. The summed E-state index contributed by atoms with van der Waals surface area (Å²) in [6, 6.07) is 17.5. The number of halogens is 5. The number of hydrogen-bond acceptors (Lipinski definition) is 1. The highest BCUT2D eigenvalue weighted by atomic mass is 19.4. The van der Waals surface area contributed by atoms with Crippen LogP contribution in [0.5, 0.6) is 5.75 Å². The fourth-order valence-corrected chi connectivity index (χ4v) is 3.59. The predicted molar refractivity (Wildman–Crippen MR) is 110 cm³/mol. The molecule has 0 fully saturated rings. The molecule has 0 unspecified atom stereocenters. The summed E-state index contributed by atoms with van der Waals surface area (Å²) in [5.74, 6) is -0.579. The Morgan fingerprint density at radius 1 is 0.645 bits per heavy atom. The van der Waals surface area contributed by atoms with Crippen molar-refractivity contribution in [1.29, 1.82) is 0 Å². The first-order chi connectivity index (χ1) is 14.6. The molecule has 0 saturated carbocycles. The van der Waals surface area contributed by atoms with Crippen molar-refractivity contribution in [1.82, 2.24) is 0 Å². The molecule has 31 heavy (non-hydrogen) atoms. The molecule has 6 heteroatoms. The summed E-state index contributed by atoms with van der Waals surface area (Å²) in [5.41, 5.74) is -0.681. The number of rotatable bonds is 5. The van der Waals surface area contributed by atoms with E-state index in [1.54, 1.807) is 38.1 Å². The normalized spacial score (nSPS) is 11.9. The molecular formula is C25H21F5O. The fourth-order valence-electron chi connectivity index (χ4n) is 3.59. The quantitative estimate of drug-likeness (QED) is 0.228. The summed E-state index contributed by atoms with van der Waals surface area (Å²) in [7, 11) is 0. The van der Waals surface area contributed by atoms with Crippen LogP contribution in [0.3, 0.4) is 0 Å². The Morgan fingerprint density at radius 2 is 1.00 bits per heavy atom. The van der Waals surface area contributed by atoms with Crippen molar-refractivity contribution in [2.75, 3.05) is 0 Å². The van der Waals surface area contributed by atoms with Crippen molar-refractivity contribution in [3.63, 3.8) is 0 Å². The van der Waals surface area contributed by atoms with E-state index in [1.807, 2.05) is 0 Å². The van der Waals surface area contributed by atoms with Gasteiger partial charge in [0.2, 0.25) is 0 Å². The van der Waals surface area contributed by atoms with Crippen LogP contribution >= 0.6 is 0 Å². The summed E-state index contributed by atoms with van der Waals surface area (Å²) in [5, 5.41) is 0. The van der Waals surface area contributed by atoms with Gasteiger partial charge < -0.3 is 4.74 Å². The zero-order valence-electron chi connectivity index (χ0n) is 17.2. The Morgan fingerprint density at radius 3 is 1.32 bits per heavy atom. The summed E-state index contributed by atoms with van der Waals surface area (Å²) in [6.45, 7) is 4.69. The minimum atomic E-state index is -4.68. The van der Waals surface area contributed by atoms with Gasteiger partial charge in [0.05, 0.1) is 0 Å². The molecule has 3 aromatic rings. The molecule has 0 atom stereocenters. The molecule has 0 amide bonds. The third-order valence-electron chi connectivity index (χ3n) is 5.22. The van der Waals surface area contributed by atoms with E-state index in [9.17, 15) is 22.0 Å². The van der Waals surface area contributed by atoms with E-state index in [-0.39, 0.29) is 22.4 Å². The van der Waals surface area contributed by atoms with E-state index in [4.69, 9.17) is 4.74 Å². The van der Waals surface area contributed by atoms with Gasteiger partial charge in [-0.25, -0.2) is 0 Å². The first kappa shape index (κ1) is 22.5. The van der Waals surface area contributed by atoms with Crippen molar-refractivity contribution in [2.24, 2.45) is 0 Å². The lowest BCUT2D eigenvalue weighted by Crippen LogP contribution is -2.44. The molecule has 0 bridgehead atoms. The summed E-state index contributed by atoms with van der Waals surface area (Å²) >= 11 is 0. The summed E-state index contributed by atoms with van der Waals surface area (Å²) in [4.78, 5) is 0. The maximum Gasteiger partial charge on any atom is 0.406 e. The zero-order valence-corrected chi connectivity index (χ0v) is 17.2. The van der Waals surface area contributed by atoms with Gasteiger partial charge in [-0.3, -0.25) is 0 Å². The lowest BCUT2D eigenvalue weighted by Gasteiger charge is -2.37. The molecule has 0 aliphatic carbocycles. The van der Waals surface area contributed by atoms with Gasteiger partial charge in [-0.05, 0) is 49.6 Å². The van der Waals surface area contributed by atoms with Gasteiger partial charge in [0, 0.05) is 0 Å². The van der Waals surface area contributed by atoms with Crippen LogP contribution in [0.25, 0.3) is 0 Å². The number of allylic oxidation sites excluding steroid dienone is 1. The van der Waals surface area contributed by atoms with E-state index in [0.717, 1.165) is 18.1 Å². The first-order valence-electron chi connectivity index (χ1n) is 9.57. The van der Waals surface area contributed by atoms with Crippen molar-refractivity contribution in [3.05, 3.63) is 112 Å². The van der Waals surface area contributed by atoms with E-state index in [1.165, 1.54) is 48.5 Å². The lowest BCUT2D eigenvalue weighted by molar-refractivity contribution is -0.166. The second-order valence-corrected chi connectivity index (χ2v) is 7.42. The molecule has 0 saturated heterocycles. The topological polar surface area (TPSA) is 9.23 Å². The zero-order chi connectivity index (χ0) is 22.8. The van der Waals surface area contributed by atoms with Gasteiger partial charge in [-0.1, -0.05) is 71.8 Å². The van der Waals surface area contributed by atoms with Crippen LogP contribution in [0, 0.1) is 13.8 Å². The van der Waals surface area contributed by atoms with Crippen molar-refractivity contribution in [2.45, 2.75) is 32.4 Å². The largest absolute Gasteiger partial charge is 0.456 e. The molecule has 1 nitrogen and oxygen atoms in total. The molecular weight excluding hydrogens is 411 g/mol. The van der Waals surface area contributed by atoms with Crippen LogP contribution in [0.2, 0.25) is 0 Å². The van der Waals surface area contributed by atoms with E-state index in [0.29, 0.717) is 0 Å². The van der Waals surface area contributed by atoms with Crippen LogP contribution in [-0.4, -0.2) is 6.18 Å². The summed E-state index contributed by atoms with van der Waals surface area (Å²) < 4.78 is 75.1. The van der Waals surface area contributed by atoms with Gasteiger partial charge in [0.1, 0.15) is 11.2 Å². The standard InChI is InChI=1S/C25H21F5O/c1-16-4-8-19(9-5-16)24(25(28,29)30,20-10-6-17(2)7-11-20)21-12-14-22(15-13-21)31-18(3)23(26)27/h4-15H,1-3H3. The predicted octanol–water partition coefficient (Wildman–Crippen LogP) is 7.71. The monoisotopic (exact) mass is 432 g/mol. The molecule has 0 aromatic heterocycles. The average molecular weight is 432 g/mol. The lowest BCUT2D eigenvalue weighted by atomic mass is 9.68. The van der Waals surface area contributed by atoms with E-state index >= 15 is 0 Å². The Labute approximate surface area is 177 Å². The van der Waals surface area contributed by atoms with Gasteiger partial charge in [-0.2, -0.15) is 22.0 Å². The Hall–Kier alpha value is -3.15. The number of benzene rings is 3. The maximum absolute atomic E-state index is 14.9. The van der Waals surface area contributed by atoms with Crippen molar-refractivity contribution in [3.8, 4) is 5.75 Å². The number of alkyl halides is 3. The van der Waals surface area contributed by atoms with Crippen LogP contribution < -0.4 is 4.74 Å². The minimum absolute atomic E-state index is 0.0259. The van der Waals surface area contributed by atoms with E-state index in [2.05, 4.69) is 0 Å². The SMILES string of the molecule is CC(Oc1ccc(C(c2ccc(C)cc2)(c2ccc(C)cc2)C(F)(F)F)cc1)=C(F)F.